The zero-order chi connectivity index (χ0) is 25.0. The van der Waals surface area contributed by atoms with Crippen molar-refractivity contribution in [1.29, 1.82) is 0 Å². The number of ether oxygens (including phenoxy) is 2. The average Bonchev–Trinajstić information content (AvgIpc) is 2.79. The molecule has 0 aliphatic carbocycles. The second-order valence-corrected chi connectivity index (χ2v) is 9.26. The number of rotatable bonds is 7. The van der Waals surface area contributed by atoms with E-state index in [0.29, 0.717) is 22.6 Å². The van der Waals surface area contributed by atoms with Gasteiger partial charge in [0.2, 0.25) is 0 Å². The lowest BCUT2D eigenvalue weighted by molar-refractivity contribution is -0.139. The molecule has 2 amide bonds. The zero-order valence-corrected chi connectivity index (χ0v) is 20.6. The number of esters is 1. The molecule has 1 atom stereocenters. The molecule has 0 radical (unpaired) electrons. The van der Waals surface area contributed by atoms with Crippen LogP contribution in [0.5, 0.6) is 5.75 Å². The molecule has 7 nitrogen and oxygen atoms in total. The Hall–Kier alpha value is -3.61. The highest BCUT2D eigenvalue weighted by molar-refractivity contribution is 5.95. The van der Waals surface area contributed by atoms with Crippen molar-refractivity contribution in [3.8, 4) is 5.75 Å². The Morgan fingerprint density at radius 1 is 1.03 bits per heavy atom. The molecule has 1 N–H and O–H groups in total. The molecule has 0 spiro atoms. The lowest BCUT2D eigenvalue weighted by Gasteiger charge is -2.34. The van der Waals surface area contributed by atoms with Gasteiger partial charge in [-0.05, 0) is 54.7 Å². The maximum atomic E-state index is 13.1. The summed E-state index contributed by atoms with van der Waals surface area (Å²) in [7, 11) is 1.59. The van der Waals surface area contributed by atoms with Crippen molar-refractivity contribution in [3.05, 3.63) is 76.5 Å². The summed E-state index contributed by atoms with van der Waals surface area (Å²) in [5, 5.41) is 2.91. The topological polar surface area (TPSA) is 84.9 Å². The fraction of sp³-hybridized carbons (Fsp3) is 0.370. The highest BCUT2D eigenvalue weighted by Gasteiger charge is 2.37. The molecule has 0 bridgehead atoms. The maximum absolute atomic E-state index is 13.1. The van der Waals surface area contributed by atoms with Crippen LogP contribution in [0.4, 0.5) is 4.79 Å². The Kier molecular flexibility index (Phi) is 7.44. The smallest absolute Gasteiger partial charge is 0.338 e. The third kappa shape index (κ3) is 5.47. The van der Waals surface area contributed by atoms with E-state index < -0.39 is 12.0 Å². The SMILES string of the molecule is CCOC(=O)C1=C(COc2ccc(C(C)=O)cc2)N(C)C(=O)N[C@@H]1c1ccc(C(C)(C)C)cc1. The minimum Gasteiger partial charge on any atom is -0.487 e. The molecule has 0 fully saturated rings. The first-order valence-corrected chi connectivity index (χ1v) is 11.3. The third-order valence-electron chi connectivity index (χ3n) is 5.82. The van der Waals surface area contributed by atoms with Crippen molar-refractivity contribution in [2.45, 2.75) is 46.1 Å². The van der Waals surface area contributed by atoms with Crippen LogP contribution in [0.2, 0.25) is 0 Å². The second-order valence-electron chi connectivity index (χ2n) is 9.26. The van der Waals surface area contributed by atoms with E-state index >= 15 is 0 Å². The summed E-state index contributed by atoms with van der Waals surface area (Å²) in [5.74, 6) is -0.0289. The first-order chi connectivity index (χ1) is 16.0. The van der Waals surface area contributed by atoms with Crippen LogP contribution in [0, 0.1) is 0 Å². The van der Waals surface area contributed by atoms with E-state index in [4.69, 9.17) is 9.47 Å². The Morgan fingerprint density at radius 2 is 1.65 bits per heavy atom. The van der Waals surface area contributed by atoms with Crippen LogP contribution in [0.3, 0.4) is 0 Å². The van der Waals surface area contributed by atoms with Crippen LogP contribution in [0.25, 0.3) is 0 Å². The lowest BCUT2D eigenvalue weighted by atomic mass is 9.85. The summed E-state index contributed by atoms with van der Waals surface area (Å²) in [5.41, 5.74) is 3.23. The summed E-state index contributed by atoms with van der Waals surface area (Å²) in [4.78, 5) is 38.7. The van der Waals surface area contributed by atoms with Crippen LogP contribution in [0.1, 0.15) is 62.1 Å². The average molecular weight is 465 g/mol. The van der Waals surface area contributed by atoms with Crippen molar-refractivity contribution in [2.24, 2.45) is 0 Å². The number of hydrogen-bond acceptors (Lipinski definition) is 5. The van der Waals surface area contributed by atoms with Gasteiger partial charge < -0.3 is 14.8 Å². The Balaban J connectivity index is 1.99. The third-order valence-corrected chi connectivity index (χ3v) is 5.82. The van der Waals surface area contributed by atoms with Crippen LogP contribution in [-0.4, -0.2) is 42.9 Å². The minimum absolute atomic E-state index is 0.0198. The number of carbonyl (C=O) groups excluding carboxylic acids is 3. The number of amides is 2. The maximum Gasteiger partial charge on any atom is 0.338 e. The molecule has 2 aromatic rings. The highest BCUT2D eigenvalue weighted by atomic mass is 16.5. The zero-order valence-electron chi connectivity index (χ0n) is 20.6. The molecule has 34 heavy (non-hydrogen) atoms. The van der Waals surface area contributed by atoms with Gasteiger partial charge in [-0.3, -0.25) is 9.69 Å². The number of likely N-dealkylation sites (N-methyl/N-ethyl adjacent to an activating group) is 1. The molecule has 7 heteroatoms. The van der Waals surface area contributed by atoms with E-state index in [-0.39, 0.29) is 30.4 Å². The van der Waals surface area contributed by atoms with E-state index in [1.54, 1.807) is 38.2 Å². The van der Waals surface area contributed by atoms with Gasteiger partial charge in [0.25, 0.3) is 0 Å². The number of urea groups is 1. The molecule has 2 aromatic carbocycles. The molecule has 1 aliphatic rings. The number of benzene rings is 2. The fourth-order valence-corrected chi connectivity index (χ4v) is 3.74. The number of nitrogens with zero attached hydrogens (tertiary/aromatic N) is 1. The fourth-order valence-electron chi connectivity index (χ4n) is 3.74. The van der Waals surface area contributed by atoms with E-state index in [1.807, 2.05) is 24.3 Å². The number of carbonyl (C=O) groups is 3. The Morgan fingerprint density at radius 3 is 2.18 bits per heavy atom. The summed E-state index contributed by atoms with van der Waals surface area (Å²) in [6, 6.07) is 13.6. The van der Waals surface area contributed by atoms with Gasteiger partial charge in [-0.15, -0.1) is 0 Å². The van der Waals surface area contributed by atoms with Crippen molar-refractivity contribution in [3.63, 3.8) is 0 Å². The summed E-state index contributed by atoms with van der Waals surface area (Å²) < 4.78 is 11.3. The van der Waals surface area contributed by atoms with Gasteiger partial charge >= 0.3 is 12.0 Å². The predicted octanol–water partition coefficient (Wildman–Crippen LogP) is 4.78. The molecule has 0 aromatic heterocycles. The Labute approximate surface area is 200 Å². The molecule has 0 saturated heterocycles. The van der Waals surface area contributed by atoms with Gasteiger partial charge in [0, 0.05) is 12.6 Å². The normalized spacial score (nSPS) is 16.2. The van der Waals surface area contributed by atoms with Crippen molar-refractivity contribution in [2.75, 3.05) is 20.3 Å². The quantitative estimate of drug-likeness (QED) is 0.471. The second kappa shape index (κ2) is 10.1. The number of Topliss-reactive ketones (excluding diaryl/α,β-unsaturated/α-hetero) is 1. The molecule has 0 saturated carbocycles. The molecular weight excluding hydrogens is 432 g/mol. The van der Waals surface area contributed by atoms with Gasteiger partial charge in [0.1, 0.15) is 12.4 Å². The first kappa shape index (κ1) is 25.0. The van der Waals surface area contributed by atoms with E-state index in [1.165, 1.54) is 11.8 Å². The van der Waals surface area contributed by atoms with Crippen LogP contribution < -0.4 is 10.1 Å². The predicted molar refractivity (Wildman–Crippen MR) is 130 cm³/mol. The van der Waals surface area contributed by atoms with Crippen molar-refractivity contribution in [1.82, 2.24) is 10.2 Å². The minimum atomic E-state index is -0.671. The molecule has 1 heterocycles. The monoisotopic (exact) mass is 464 g/mol. The number of nitrogens with one attached hydrogen (secondary N) is 1. The van der Waals surface area contributed by atoms with Gasteiger partial charge in [-0.1, -0.05) is 45.0 Å². The molecular formula is C27H32N2O5. The van der Waals surface area contributed by atoms with Crippen LogP contribution in [-0.2, 0) is 14.9 Å². The molecule has 0 unspecified atom stereocenters. The summed E-state index contributed by atoms with van der Waals surface area (Å²) >= 11 is 0. The van der Waals surface area contributed by atoms with E-state index in [9.17, 15) is 14.4 Å². The van der Waals surface area contributed by atoms with Gasteiger partial charge in [-0.2, -0.15) is 0 Å². The molecule has 1 aliphatic heterocycles. The van der Waals surface area contributed by atoms with Crippen molar-refractivity contribution >= 4 is 17.8 Å². The number of ketones is 1. The summed E-state index contributed by atoms with van der Waals surface area (Å²) in [6.07, 6.45) is 0. The van der Waals surface area contributed by atoms with E-state index in [0.717, 1.165) is 11.1 Å². The molecule has 180 valence electrons. The van der Waals surface area contributed by atoms with Gasteiger partial charge in [0.15, 0.2) is 5.78 Å². The summed E-state index contributed by atoms with van der Waals surface area (Å²) in [6.45, 7) is 9.80. The largest absolute Gasteiger partial charge is 0.487 e. The van der Waals surface area contributed by atoms with E-state index in [2.05, 4.69) is 26.1 Å². The van der Waals surface area contributed by atoms with Crippen LogP contribution >= 0.6 is 0 Å². The standard InChI is InChI=1S/C27H32N2O5/c1-7-33-25(31)23-22(16-34-21-14-10-18(11-15-21)17(2)30)29(6)26(32)28-24(23)19-8-12-20(13-9-19)27(3,4)5/h8-15,24H,7,16H2,1-6H3,(H,28,32)/t24-/m1/s1. The highest BCUT2D eigenvalue weighted by Crippen LogP contribution is 2.33. The van der Waals surface area contributed by atoms with Gasteiger partial charge in [0.05, 0.1) is 23.9 Å². The first-order valence-electron chi connectivity index (χ1n) is 11.3. The van der Waals surface area contributed by atoms with Crippen LogP contribution in [0.15, 0.2) is 59.8 Å². The van der Waals surface area contributed by atoms with Crippen molar-refractivity contribution < 1.29 is 23.9 Å². The number of hydrogen-bond donors (Lipinski definition) is 1. The Bertz CT molecular complexity index is 1100. The van der Waals surface area contributed by atoms with Gasteiger partial charge in [-0.25, -0.2) is 9.59 Å². The lowest BCUT2D eigenvalue weighted by Crippen LogP contribution is -2.48. The molecule has 3 rings (SSSR count).